The molecule has 2 aliphatic rings. The second-order valence-corrected chi connectivity index (χ2v) is 5.61. The molecule has 1 amide bonds. The molecule has 0 N–H and O–H groups in total. The molecule has 1 saturated carbocycles. The Morgan fingerprint density at radius 1 is 1.15 bits per heavy atom. The number of piperazine rings is 1. The SMILES string of the molecule is COc1ccccc1N1CCN(C(=O)C2CCC2)CC1. The minimum absolute atomic E-state index is 0.313. The fourth-order valence-electron chi connectivity index (χ4n) is 2.97. The zero-order chi connectivity index (χ0) is 13.9. The number of para-hydroxylation sites is 2. The van der Waals surface area contributed by atoms with Gasteiger partial charge in [0, 0.05) is 32.1 Å². The van der Waals surface area contributed by atoms with Crippen LogP contribution in [0, 0.1) is 5.92 Å². The molecule has 1 aliphatic heterocycles. The molecule has 1 aromatic rings. The van der Waals surface area contributed by atoms with Gasteiger partial charge in [-0.2, -0.15) is 0 Å². The van der Waals surface area contributed by atoms with Crippen LogP contribution in [0.2, 0.25) is 0 Å². The molecular formula is C16H22N2O2. The molecule has 20 heavy (non-hydrogen) atoms. The van der Waals surface area contributed by atoms with Crippen molar-refractivity contribution in [3.05, 3.63) is 24.3 Å². The van der Waals surface area contributed by atoms with Crippen molar-refractivity contribution >= 4 is 11.6 Å². The lowest BCUT2D eigenvalue weighted by Crippen LogP contribution is -2.51. The first-order valence-electron chi connectivity index (χ1n) is 7.46. The van der Waals surface area contributed by atoms with E-state index in [9.17, 15) is 4.79 Å². The molecule has 108 valence electrons. The highest BCUT2D eigenvalue weighted by atomic mass is 16.5. The van der Waals surface area contributed by atoms with Gasteiger partial charge in [0.15, 0.2) is 0 Å². The maximum atomic E-state index is 12.2. The molecule has 0 radical (unpaired) electrons. The van der Waals surface area contributed by atoms with Crippen molar-refractivity contribution in [3.8, 4) is 5.75 Å². The number of nitrogens with zero attached hydrogens (tertiary/aromatic N) is 2. The van der Waals surface area contributed by atoms with Gasteiger partial charge >= 0.3 is 0 Å². The summed E-state index contributed by atoms with van der Waals surface area (Å²) < 4.78 is 5.42. The van der Waals surface area contributed by atoms with Gasteiger partial charge in [-0.25, -0.2) is 0 Å². The lowest BCUT2D eigenvalue weighted by Gasteiger charge is -2.39. The first kappa shape index (κ1) is 13.3. The van der Waals surface area contributed by atoms with Gasteiger partial charge in [-0.15, -0.1) is 0 Å². The van der Waals surface area contributed by atoms with Crippen LogP contribution in [0.15, 0.2) is 24.3 Å². The van der Waals surface area contributed by atoms with Crippen LogP contribution in [0.25, 0.3) is 0 Å². The molecule has 1 aliphatic carbocycles. The quantitative estimate of drug-likeness (QED) is 0.846. The van der Waals surface area contributed by atoms with E-state index in [0.29, 0.717) is 11.8 Å². The van der Waals surface area contributed by atoms with Gasteiger partial charge in [-0.05, 0) is 25.0 Å². The Balaban J connectivity index is 1.62. The van der Waals surface area contributed by atoms with Crippen LogP contribution in [0.3, 0.4) is 0 Å². The molecule has 4 nitrogen and oxygen atoms in total. The summed E-state index contributed by atoms with van der Waals surface area (Å²) in [6, 6.07) is 8.09. The van der Waals surface area contributed by atoms with Crippen LogP contribution in [-0.2, 0) is 4.79 Å². The molecule has 1 heterocycles. The molecule has 4 heteroatoms. The van der Waals surface area contributed by atoms with Crippen molar-refractivity contribution < 1.29 is 9.53 Å². The van der Waals surface area contributed by atoms with E-state index in [4.69, 9.17) is 4.74 Å². The fraction of sp³-hybridized carbons (Fsp3) is 0.562. The Labute approximate surface area is 120 Å². The summed E-state index contributed by atoms with van der Waals surface area (Å²) in [6.45, 7) is 3.43. The standard InChI is InChI=1S/C16H22N2O2/c1-20-15-8-3-2-7-14(15)17-9-11-18(12-10-17)16(19)13-5-4-6-13/h2-3,7-8,13H,4-6,9-12H2,1H3. The first-order valence-corrected chi connectivity index (χ1v) is 7.46. The minimum atomic E-state index is 0.313. The molecular weight excluding hydrogens is 252 g/mol. The second-order valence-electron chi connectivity index (χ2n) is 5.61. The second kappa shape index (κ2) is 5.73. The number of amides is 1. The predicted molar refractivity (Wildman–Crippen MR) is 79.1 cm³/mol. The van der Waals surface area contributed by atoms with Gasteiger partial charge in [0.05, 0.1) is 12.8 Å². The van der Waals surface area contributed by atoms with E-state index in [2.05, 4.69) is 11.0 Å². The number of carbonyl (C=O) groups excluding carboxylic acids is 1. The highest BCUT2D eigenvalue weighted by Gasteiger charge is 2.31. The highest BCUT2D eigenvalue weighted by molar-refractivity contribution is 5.80. The highest BCUT2D eigenvalue weighted by Crippen LogP contribution is 2.31. The summed E-state index contributed by atoms with van der Waals surface area (Å²) in [5.74, 6) is 1.59. The van der Waals surface area contributed by atoms with Gasteiger partial charge in [0.2, 0.25) is 5.91 Å². The Morgan fingerprint density at radius 3 is 2.45 bits per heavy atom. The van der Waals surface area contributed by atoms with E-state index >= 15 is 0 Å². The fourth-order valence-corrected chi connectivity index (χ4v) is 2.97. The van der Waals surface area contributed by atoms with Gasteiger partial charge in [0.1, 0.15) is 5.75 Å². The summed E-state index contributed by atoms with van der Waals surface area (Å²) >= 11 is 0. The molecule has 1 aromatic carbocycles. The molecule has 0 aromatic heterocycles. The van der Waals surface area contributed by atoms with Gasteiger partial charge in [-0.3, -0.25) is 4.79 Å². The first-order chi connectivity index (χ1) is 9.79. The van der Waals surface area contributed by atoms with Crippen LogP contribution in [0.5, 0.6) is 5.75 Å². The summed E-state index contributed by atoms with van der Waals surface area (Å²) in [5, 5.41) is 0. The number of hydrogen-bond donors (Lipinski definition) is 0. The van der Waals surface area contributed by atoms with Crippen molar-refractivity contribution in [3.63, 3.8) is 0 Å². The third-order valence-corrected chi connectivity index (χ3v) is 4.47. The topological polar surface area (TPSA) is 32.8 Å². The van der Waals surface area contributed by atoms with Crippen molar-refractivity contribution in [2.75, 3.05) is 38.2 Å². The van der Waals surface area contributed by atoms with E-state index in [0.717, 1.165) is 50.5 Å². The molecule has 2 fully saturated rings. The maximum Gasteiger partial charge on any atom is 0.225 e. The molecule has 0 atom stereocenters. The van der Waals surface area contributed by atoms with Crippen molar-refractivity contribution in [1.29, 1.82) is 0 Å². The van der Waals surface area contributed by atoms with E-state index < -0.39 is 0 Å². The van der Waals surface area contributed by atoms with E-state index in [1.165, 1.54) is 6.42 Å². The minimum Gasteiger partial charge on any atom is -0.495 e. The predicted octanol–water partition coefficient (Wildman–Crippen LogP) is 2.14. The lowest BCUT2D eigenvalue weighted by molar-refractivity contribution is -0.138. The van der Waals surface area contributed by atoms with Gasteiger partial charge in [-0.1, -0.05) is 18.6 Å². The number of hydrogen-bond acceptors (Lipinski definition) is 3. The van der Waals surface area contributed by atoms with Crippen molar-refractivity contribution in [2.45, 2.75) is 19.3 Å². The van der Waals surface area contributed by atoms with Crippen LogP contribution in [0.4, 0.5) is 5.69 Å². The molecule has 0 spiro atoms. The largest absolute Gasteiger partial charge is 0.495 e. The Bertz CT molecular complexity index is 477. The van der Waals surface area contributed by atoms with Gasteiger partial charge in [0.25, 0.3) is 0 Å². The van der Waals surface area contributed by atoms with E-state index in [1.54, 1.807) is 7.11 Å². The normalized spacial score (nSPS) is 19.6. The number of carbonyl (C=O) groups is 1. The Kier molecular flexibility index (Phi) is 3.81. The smallest absolute Gasteiger partial charge is 0.225 e. The molecule has 3 rings (SSSR count). The van der Waals surface area contributed by atoms with Crippen LogP contribution in [-0.4, -0.2) is 44.1 Å². The Hall–Kier alpha value is -1.71. The average molecular weight is 274 g/mol. The summed E-state index contributed by atoms with van der Waals surface area (Å²) in [7, 11) is 1.70. The van der Waals surface area contributed by atoms with E-state index in [-0.39, 0.29) is 0 Å². The van der Waals surface area contributed by atoms with Crippen LogP contribution >= 0.6 is 0 Å². The zero-order valence-corrected chi connectivity index (χ0v) is 12.0. The van der Waals surface area contributed by atoms with E-state index in [1.807, 2.05) is 23.1 Å². The maximum absolute atomic E-state index is 12.2. The summed E-state index contributed by atoms with van der Waals surface area (Å²) in [6.07, 6.45) is 3.40. The van der Waals surface area contributed by atoms with Crippen LogP contribution in [0.1, 0.15) is 19.3 Å². The number of anilines is 1. The summed E-state index contributed by atoms with van der Waals surface area (Å²) in [5.41, 5.74) is 1.13. The number of methoxy groups -OCH3 is 1. The lowest BCUT2D eigenvalue weighted by atomic mass is 9.84. The molecule has 0 bridgehead atoms. The van der Waals surface area contributed by atoms with Crippen LogP contribution < -0.4 is 9.64 Å². The Morgan fingerprint density at radius 2 is 1.85 bits per heavy atom. The van der Waals surface area contributed by atoms with Crippen molar-refractivity contribution in [1.82, 2.24) is 4.90 Å². The van der Waals surface area contributed by atoms with Crippen molar-refractivity contribution in [2.24, 2.45) is 5.92 Å². The molecule has 1 saturated heterocycles. The molecule has 0 unspecified atom stereocenters. The summed E-state index contributed by atoms with van der Waals surface area (Å²) in [4.78, 5) is 16.6. The third-order valence-electron chi connectivity index (χ3n) is 4.47. The van der Waals surface area contributed by atoms with Gasteiger partial charge < -0.3 is 14.5 Å². The number of rotatable bonds is 3. The third kappa shape index (κ3) is 2.47. The average Bonchev–Trinajstić information content (AvgIpc) is 2.45. The zero-order valence-electron chi connectivity index (χ0n) is 12.0. The number of benzene rings is 1. The number of ether oxygens (including phenoxy) is 1. The monoisotopic (exact) mass is 274 g/mol.